The van der Waals surface area contributed by atoms with E-state index in [2.05, 4.69) is 10.1 Å². The lowest BCUT2D eigenvalue weighted by atomic mass is 10.3. The molecule has 90 valence electrons. The van der Waals surface area contributed by atoms with E-state index < -0.39 is 11.9 Å². The molecule has 0 saturated heterocycles. The molecule has 0 aliphatic carbocycles. The molecule has 0 aliphatic heterocycles. The van der Waals surface area contributed by atoms with Crippen molar-refractivity contribution < 1.29 is 13.2 Å². The molecule has 0 N–H and O–H groups in total. The van der Waals surface area contributed by atoms with Gasteiger partial charge in [0.15, 0.2) is 5.69 Å². The molecular weight excluding hydrogens is 255 g/mol. The molecule has 0 unspecified atom stereocenters. The first-order chi connectivity index (χ1) is 7.95. The maximum Gasteiger partial charge on any atom is 0.435 e. The van der Waals surface area contributed by atoms with Crippen LogP contribution in [0.25, 0.3) is 0 Å². The van der Waals surface area contributed by atoms with E-state index in [1.165, 1.54) is 10.9 Å². The Hall–Kier alpha value is -1.56. The van der Waals surface area contributed by atoms with E-state index in [1.807, 2.05) is 0 Å². The Balaban J connectivity index is 2.17. The van der Waals surface area contributed by atoms with Gasteiger partial charge >= 0.3 is 6.18 Å². The number of hydrogen-bond acceptors (Lipinski definition) is 2. The van der Waals surface area contributed by atoms with Crippen LogP contribution in [0, 0.1) is 0 Å². The second-order valence-electron chi connectivity index (χ2n) is 3.35. The van der Waals surface area contributed by atoms with Gasteiger partial charge < -0.3 is 0 Å². The van der Waals surface area contributed by atoms with Crippen LogP contribution in [-0.2, 0) is 12.7 Å². The highest BCUT2D eigenvalue weighted by atomic mass is 35.5. The fourth-order valence-corrected chi connectivity index (χ4v) is 1.49. The zero-order chi connectivity index (χ0) is 12.5. The summed E-state index contributed by atoms with van der Waals surface area (Å²) in [6.07, 6.45) is -3.17. The first kappa shape index (κ1) is 11.9. The van der Waals surface area contributed by atoms with E-state index in [4.69, 9.17) is 11.6 Å². The van der Waals surface area contributed by atoms with Crippen molar-refractivity contribution in [3.8, 4) is 0 Å². The predicted octanol–water partition coefficient (Wildman–Crippen LogP) is 3.00. The average Bonchev–Trinajstić information content (AvgIpc) is 2.65. The van der Waals surface area contributed by atoms with E-state index in [0.717, 1.165) is 6.07 Å². The SMILES string of the molecule is FC(F)(F)c1ccn(Cc2cccc(Cl)n2)n1. The van der Waals surface area contributed by atoms with Gasteiger partial charge in [0.25, 0.3) is 0 Å². The summed E-state index contributed by atoms with van der Waals surface area (Å²) in [7, 11) is 0. The quantitative estimate of drug-likeness (QED) is 0.778. The van der Waals surface area contributed by atoms with E-state index in [-0.39, 0.29) is 6.54 Å². The summed E-state index contributed by atoms with van der Waals surface area (Å²) in [6.45, 7) is 0.149. The smallest absolute Gasteiger partial charge is 0.266 e. The summed E-state index contributed by atoms with van der Waals surface area (Å²) in [4.78, 5) is 3.96. The van der Waals surface area contributed by atoms with Crippen LogP contribution in [0.2, 0.25) is 5.15 Å². The summed E-state index contributed by atoms with van der Waals surface area (Å²) < 4.78 is 38.0. The molecule has 2 heterocycles. The van der Waals surface area contributed by atoms with Gasteiger partial charge in [-0.2, -0.15) is 18.3 Å². The zero-order valence-corrected chi connectivity index (χ0v) is 9.20. The van der Waals surface area contributed by atoms with Gasteiger partial charge in [-0.05, 0) is 18.2 Å². The maximum atomic E-state index is 12.3. The predicted molar refractivity (Wildman–Crippen MR) is 55.6 cm³/mol. The topological polar surface area (TPSA) is 30.7 Å². The van der Waals surface area contributed by atoms with Crippen LogP contribution in [0.4, 0.5) is 13.2 Å². The van der Waals surface area contributed by atoms with Gasteiger partial charge in [0.1, 0.15) is 5.15 Å². The lowest BCUT2D eigenvalue weighted by Gasteiger charge is -2.03. The first-order valence-corrected chi connectivity index (χ1v) is 5.05. The monoisotopic (exact) mass is 261 g/mol. The molecule has 0 aliphatic rings. The highest BCUT2D eigenvalue weighted by molar-refractivity contribution is 6.29. The number of hydrogen-bond donors (Lipinski definition) is 0. The van der Waals surface area contributed by atoms with Gasteiger partial charge in [0.05, 0.1) is 12.2 Å². The second-order valence-corrected chi connectivity index (χ2v) is 3.74. The third-order valence-corrected chi connectivity index (χ3v) is 2.24. The van der Waals surface area contributed by atoms with Gasteiger partial charge in [-0.25, -0.2) is 4.98 Å². The highest BCUT2D eigenvalue weighted by Gasteiger charge is 2.33. The van der Waals surface area contributed by atoms with Crippen LogP contribution in [0.5, 0.6) is 0 Å². The Bertz CT molecular complexity index is 522. The van der Waals surface area contributed by atoms with E-state index >= 15 is 0 Å². The van der Waals surface area contributed by atoms with Crippen LogP contribution >= 0.6 is 11.6 Å². The van der Waals surface area contributed by atoms with Gasteiger partial charge in [-0.1, -0.05) is 17.7 Å². The molecule has 3 nitrogen and oxygen atoms in total. The molecule has 0 fully saturated rings. The van der Waals surface area contributed by atoms with Gasteiger partial charge in [-0.3, -0.25) is 4.68 Å². The molecule has 2 aromatic heterocycles. The van der Waals surface area contributed by atoms with Crippen LogP contribution in [0.3, 0.4) is 0 Å². The summed E-state index contributed by atoms with van der Waals surface area (Å²) >= 11 is 5.67. The molecule has 0 radical (unpaired) electrons. The second kappa shape index (κ2) is 4.37. The van der Waals surface area contributed by atoms with Crippen molar-refractivity contribution in [2.45, 2.75) is 12.7 Å². The molecule has 0 spiro atoms. The van der Waals surface area contributed by atoms with E-state index in [1.54, 1.807) is 18.2 Å². The lowest BCUT2D eigenvalue weighted by molar-refractivity contribution is -0.141. The minimum Gasteiger partial charge on any atom is -0.266 e. The van der Waals surface area contributed by atoms with Crippen LogP contribution < -0.4 is 0 Å². The molecule has 0 saturated carbocycles. The molecule has 2 aromatic rings. The molecule has 0 bridgehead atoms. The van der Waals surface area contributed by atoms with Gasteiger partial charge in [0.2, 0.25) is 0 Å². The third-order valence-electron chi connectivity index (χ3n) is 2.03. The Kier molecular flexibility index (Phi) is 3.06. The van der Waals surface area contributed by atoms with Crippen molar-refractivity contribution in [3.05, 3.63) is 47.0 Å². The molecule has 2 rings (SSSR count). The molecule has 17 heavy (non-hydrogen) atoms. The Labute approximate surface area is 99.8 Å². The molecular formula is C10H7ClF3N3. The maximum absolute atomic E-state index is 12.3. The summed E-state index contributed by atoms with van der Waals surface area (Å²) in [5.41, 5.74) is -0.367. The first-order valence-electron chi connectivity index (χ1n) is 4.67. The number of pyridine rings is 1. The molecule has 0 atom stereocenters. The van der Waals surface area contributed by atoms with Crippen molar-refractivity contribution >= 4 is 11.6 Å². The summed E-state index contributed by atoms with van der Waals surface area (Å²) in [5, 5.41) is 3.71. The van der Waals surface area contributed by atoms with E-state index in [0.29, 0.717) is 10.8 Å². The van der Waals surface area contributed by atoms with Crippen molar-refractivity contribution in [2.24, 2.45) is 0 Å². The Morgan fingerprint density at radius 1 is 1.24 bits per heavy atom. The molecule has 7 heteroatoms. The van der Waals surface area contributed by atoms with Gasteiger partial charge in [-0.15, -0.1) is 0 Å². The normalized spacial score (nSPS) is 11.8. The third kappa shape index (κ3) is 2.97. The fourth-order valence-electron chi connectivity index (χ4n) is 1.31. The van der Waals surface area contributed by atoms with E-state index in [9.17, 15) is 13.2 Å². The fraction of sp³-hybridized carbons (Fsp3) is 0.200. The minimum absolute atomic E-state index is 0.149. The number of halogens is 4. The van der Waals surface area contributed by atoms with Crippen molar-refractivity contribution in [1.29, 1.82) is 0 Å². The number of rotatable bonds is 2. The summed E-state index contributed by atoms with van der Waals surface area (Å²) in [6, 6.07) is 5.86. The average molecular weight is 262 g/mol. The van der Waals surface area contributed by atoms with Crippen molar-refractivity contribution in [3.63, 3.8) is 0 Å². The highest BCUT2D eigenvalue weighted by Crippen LogP contribution is 2.27. The largest absolute Gasteiger partial charge is 0.435 e. The molecule has 0 amide bonds. The van der Waals surface area contributed by atoms with Crippen LogP contribution in [0.1, 0.15) is 11.4 Å². The number of nitrogens with zero attached hydrogens (tertiary/aromatic N) is 3. The summed E-state index contributed by atoms with van der Waals surface area (Å²) in [5.74, 6) is 0. The molecule has 0 aromatic carbocycles. The van der Waals surface area contributed by atoms with Crippen LogP contribution in [0.15, 0.2) is 30.5 Å². The lowest BCUT2D eigenvalue weighted by Crippen LogP contribution is -2.09. The van der Waals surface area contributed by atoms with Crippen molar-refractivity contribution in [2.75, 3.05) is 0 Å². The number of aromatic nitrogens is 3. The van der Waals surface area contributed by atoms with Gasteiger partial charge in [0, 0.05) is 6.20 Å². The Morgan fingerprint density at radius 2 is 2.00 bits per heavy atom. The zero-order valence-electron chi connectivity index (χ0n) is 8.45. The van der Waals surface area contributed by atoms with Crippen molar-refractivity contribution in [1.82, 2.24) is 14.8 Å². The van der Waals surface area contributed by atoms with Crippen LogP contribution in [-0.4, -0.2) is 14.8 Å². The standard InChI is InChI=1S/C10H7ClF3N3/c11-9-3-1-2-7(15-9)6-17-5-4-8(16-17)10(12,13)14/h1-5H,6H2. The Morgan fingerprint density at radius 3 is 2.59 bits per heavy atom. The number of alkyl halides is 3. The minimum atomic E-state index is -4.42.